The van der Waals surface area contributed by atoms with E-state index in [1.54, 1.807) is 0 Å². The van der Waals surface area contributed by atoms with E-state index in [4.69, 9.17) is 5.73 Å². The van der Waals surface area contributed by atoms with Crippen molar-refractivity contribution in [2.45, 2.75) is 39.7 Å². The SMILES string of the molecule is CCCN(C)c1cc(NCCC(C)N)nc(C)n1. The van der Waals surface area contributed by atoms with Crippen LogP contribution in [0.15, 0.2) is 6.07 Å². The average Bonchev–Trinajstić information content (AvgIpc) is 2.28. The Morgan fingerprint density at radius 2 is 2.17 bits per heavy atom. The van der Waals surface area contributed by atoms with Crippen LogP contribution in [0.2, 0.25) is 0 Å². The summed E-state index contributed by atoms with van der Waals surface area (Å²) in [6.07, 6.45) is 2.04. The molecule has 1 atom stereocenters. The summed E-state index contributed by atoms with van der Waals surface area (Å²) in [5.41, 5.74) is 5.72. The van der Waals surface area contributed by atoms with Crippen molar-refractivity contribution in [3.05, 3.63) is 11.9 Å². The monoisotopic (exact) mass is 251 g/mol. The van der Waals surface area contributed by atoms with Crippen LogP contribution in [0.3, 0.4) is 0 Å². The molecule has 1 unspecified atom stereocenters. The van der Waals surface area contributed by atoms with Crippen LogP contribution in [0.25, 0.3) is 0 Å². The zero-order valence-electron chi connectivity index (χ0n) is 11.9. The minimum absolute atomic E-state index is 0.211. The Bertz CT molecular complexity index is 364. The van der Waals surface area contributed by atoms with Crippen molar-refractivity contribution >= 4 is 11.6 Å². The first-order chi connectivity index (χ1) is 8.52. The molecule has 102 valence electrons. The summed E-state index contributed by atoms with van der Waals surface area (Å²) in [6, 6.07) is 2.20. The van der Waals surface area contributed by atoms with Crippen LogP contribution in [0.1, 0.15) is 32.5 Å². The molecule has 3 N–H and O–H groups in total. The minimum atomic E-state index is 0.211. The fourth-order valence-electron chi connectivity index (χ4n) is 1.72. The standard InChI is InChI=1S/C13H25N5/c1-5-8-18(4)13-9-12(16-11(3)17-13)15-7-6-10(2)14/h9-10H,5-8,14H2,1-4H3,(H,15,16,17). The van der Waals surface area contributed by atoms with E-state index < -0.39 is 0 Å². The van der Waals surface area contributed by atoms with E-state index >= 15 is 0 Å². The fourth-order valence-corrected chi connectivity index (χ4v) is 1.72. The van der Waals surface area contributed by atoms with E-state index in [1.165, 1.54) is 0 Å². The first-order valence-electron chi connectivity index (χ1n) is 6.59. The molecule has 0 radical (unpaired) electrons. The molecule has 0 aliphatic heterocycles. The second-order valence-electron chi connectivity index (χ2n) is 4.77. The number of anilines is 2. The van der Waals surface area contributed by atoms with E-state index in [0.717, 1.165) is 43.4 Å². The highest BCUT2D eigenvalue weighted by atomic mass is 15.2. The van der Waals surface area contributed by atoms with Gasteiger partial charge in [-0.05, 0) is 26.7 Å². The van der Waals surface area contributed by atoms with Crippen LogP contribution < -0.4 is 16.0 Å². The van der Waals surface area contributed by atoms with Crippen LogP contribution in [0.5, 0.6) is 0 Å². The van der Waals surface area contributed by atoms with Gasteiger partial charge in [0.15, 0.2) is 0 Å². The Balaban J connectivity index is 2.68. The van der Waals surface area contributed by atoms with Gasteiger partial charge in [-0.15, -0.1) is 0 Å². The maximum atomic E-state index is 5.72. The van der Waals surface area contributed by atoms with E-state index in [9.17, 15) is 0 Å². The molecule has 0 saturated carbocycles. The molecule has 1 aromatic rings. The first kappa shape index (κ1) is 14.7. The number of hydrogen-bond acceptors (Lipinski definition) is 5. The van der Waals surface area contributed by atoms with Crippen molar-refractivity contribution < 1.29 is 0 Å². The zero-order chi connectivity index (χ0) is 13.5. The molecule has 5 heteroatoms. The van der Waals surface area contributed by atoms with Crippen LogP contribution in [-0.4, -0.2) is 36.1 Å². The van der Waals surface area contributed by atoms with Crippen LogP contribution >= 0.6 is 0 Å². The summed E-state index contributed by atoms with van der Waals surface area (Å²) < 4.78 is 0. The topological polar surface area (TPSA) is 67.1 Å². The zero-order valence-corrected chi connectivity index (χ0v) is 11.9. The van der Waals surface area contributed by atoms with Gasteiger partial charge in [-0.25, -0.2) is 9.97 Å². The highest BCUT2D eigenvalue weighted by Crippen LogP contribution is 2.14. The lowest BCUT2D eigenvalue weighted by atomic mass is 10.2. The van der Waals surface area contributed by atoms with Gasteiger partial charge in [0.05, 0.1) is 0 Å². The molecular formula is C13H25N5. The van der Waals surface area contributed by atoms with Gasteiger partial charge in [0.2, 0.25) is 0 Å². The summed E-state index contributed by atoms with van der Waals surface area (Å²) in [4.78, 5) is 11.0. The molecule has 1 heterocycles. The van der Waals surface area contributed by atoms with Gasteiger partial charge in [-0.1, -0.05) is 6.92 Å². The lowest BCUT2D eigenvalue weighted by molar-refractivity contribution is 0.689. The molecule has 18 heavy (non-hydrogen) atoms. The normalized spacial score (nSPS) is 12.3. The summed E-state index contributed by atoms with van der Waals surface area (Å²) in [6.45, 7) is 7.92. The molecule has 0 amide bonds. The van der Waals surface area contributed by atoms with Crippen LogP contribution in [0.4, 0.5) is 11.6 Å². The molecule has 0 bridgehead atoms. The fraction of sp³-hybridized carbons (Fsp3) is 0.692. The summed E-state index contributed by atoms with van der Waals surface area (Å²) in [5.74, 6) is 2.63. The summed E-state index contributed by atoms with van der Waals surface area (Å²) in [5, 5.41) is 3.30. The molecular weight excluding hydrogens is 226 g/mol. The number of rotatable bonds is 7. The van der Waals surface area contributed by atoms with Crippen molar-refractivity contribution in [2.24, 2.45) is 5.73 Å². The largest absolute Gasteiger partial charge is 0.370 e. The van der Waals surface area contributed by atoms with Gasteiger partial charge < -0.3 is 16.0 Å². The third-order valence-corrected chi connectivity index (χ3v) is 2.68. The van der Waals surface area contributed by atoms with E-state index in [0.29, 0.717) is 0 Å². The van der Waals surface area contributed by atoms with Crippen LogP contribution in [0, 0.1) is 6.92 Å². The van der Waals surface area contributed by atoms with Crippen molar-refractivity contribution in [1.29, 1.82) is 0 Å². The summed E-state index contributed by atoms with van der Waals surface area (Å²) >= 11 is 0. The summed E-state index contributed by atoms with van der Waals surface area (Å²) in [7, 11) is 2.05. The molecule has 0 fully saturated rings. The van der Waals surface area contributed by atoms with Gasteiger partial charge in [0.1, 0.15) is 17.5 Å². The number of nitrogens with one attached hydrogen (secondary N) is 1. The highest BCUT2D eigenvalue weighted by molar-refractivity contribution is 5.48. The lowest BCUT2D eigenvalue weighted by Gasteiger charge is -2.18. The van der Waals surface area contributed by atoms with Gasteiger partial charge in [0.25, 0.3) is 0 Å². The molecule has 0 spiro atoms. The number of hydrogen-bond donors (Lipinski definition) is 2. The Morgan fingerprint density at radius 3 is 2.78 bits per heavy atom. The third kappa shape index (κ3) is 4.87. The number of nitrogens with zero attached hydrogens (tertiary/aromatic N) is 3. The Hall–Kier alpha value is -1.36. The molecule has 0 aromatic carbocycles. The minimum Gasteiger partial charge on any atom is -0.370 e. The van der Waals surface area contributed by atoms with Gasteiger partial charge >= 0.3 is 0 Å². The molecule has 0 aliphatic carbocycles. The average molecular weight is 251 g/mol. The van der Waals surface area contributed by atoms with Crippen molar-refractivity contribution in [3.8, 4) is 0 Å². The highest BCUT2D eigenvalue weighted by Gasteiger charge is 2.05. The number of aryl methyl sites for hydroxylation is 1. The van der Waals surface area contributed by atoms with E-state index in [-0.39, 0.29) is 6.04 Å². The second-order valence-corrected chi connectivity index (χ2v) is 4.77. The lowest BCUT2D eigenvalue weighted by Crippen LogP contribution is -2.21. The maximum Gasteiger partial charge on any atom is 0.134 e. The van der Waals surface area contributed by atoms with E-state index in [1.807, 2.05) is 19.9 Å². The smallest absolute Gasteiger partial charge is 0.134 e. The Labute approximate surface area is 110 Å². The van der Waals surface area contributed by atoms with E-state index in [2.05, 4.69) is 34.2 Å². The number of aromatic nitrogens is 2. The predicted octanol–water partition coefficient (Wildman–Crippen LogP) is 1.78. The van der Waals surface area contributed by atoms with Crippen molar-refractivity contribution in [3.63, 3.8) is 0 Å². The third-order valence-electron chi connectivity index (χ3n) is 2.68. The Kier molecular flexibility index (Phi) is 5.85. The molecule has 1 aromatic heterocycles. The number of nitrogens with two attached hydrogens (primary N) is 1. The molecule has 1 rings (SSSR count). The quantitative estimate of drug-likeness (QED) is 0.773. The van der Waals surface area contributed by atoms with Crippen molar-refractivity contribution in [1.82, 2.24) is 9.97 Å². The van der Waals surface area contributed by atoms with Gasteiger partial charge in [0, 0.05) is 32.2 Å². The first-order valence-corrected chi connectivity index (χ1v) is 6.59. The second kappa shape index (κ2) is 7.16. The van der Waals surface area contributed by atoms with Crippen LogP contribution in [-0.2, 0) is 0 Å². The molecule has 5 nitrogen and oxygen atoms in total. The van der Waals surface area contributed by atoms with Gasteiger partial charge in [-0.2, -0.15) is 0 Å². The maximum absolute atomic E-state index is 5.72. The van der Waals surface area contributed by atoms with Crippen molar-refractivity contribution in [2.75, 3.05) is 30.4 Å². The molecule has 0 saturated heterocycles. The molecule has 0 aliphatic rings. The Morgan fingerprint density at radius 1 is 1.44 bits per heavy atom. The van der Waals surface area contributed by atoms with Gasteiger partial charge in [-0.3, -0.25) is 0 Å². The predicted molar refractivity (Wildman–Crippen MR) is 77.1 cm³/mol.